The van der Waals surface area contributed by atoms with Gasteiger partial charge < -0.3 is 14.7 Å². The van der Waals surface area contributed by atoms with Crippen molar-refractivity contribution in [1.82, 2.24) is 9.88 Å². The second-order valence-corrected chi connectivity index (χ2v) is 8.98. The van der Waals surface area contributed by atoms with Crippen molar-refractivity contribution in [2.45, 2.75) is 46.2 Å². The first-order valence-electron chi connectivity index (χ1n) is 11.8. The second-order valence-electron chi connectivity index (χ2n) is 8.98. The molecule has 1 N–H and O–H groups in total. The van der Waals surface area contributed by atoms with Crippen molar-refractivity contribution in [3.63, 3.8) is 0 Å². The largest absolute Gasteiger partial charge is 0.507 e. The van der Waals surface area contributed by atoms with Crippen molar-refractivity contribution in [2.75, 3.05) is 6.61 Å². The third kappa shape index (κ3) is 4.69. The molecule has 0 radical (unpaired) electrons. The normalized spacial score (nSPS) is 17.3. The van der Waals surface area contributed by atoms with Crippen LogP contribution in [0.5, 0.6) is 5.75 Å². The number of pyridine rings is 1. The van der Waals surface area contributed by atoms with Crippen molar-refractivity contribution in [1.29, 1.82) is 0 Å². The first kappa shape index (κ1) is 24.2. The lowest BCUT2D eigenvalue weighted by molar-refractivity contribution is -0.140. The summed E-state index contributed by atoms with van der Waals surface area (Å²) < 4.78 is 5.75. The van der Waals surface area contributed by atoms with Gasteiger partial charge in [-0.15, -0.1) is 0 Å². The fraction of sp³-hybridized carbons (Fsp3) is 0.276. The minimum atomic E-state index is -0.710. The second kappa shape index (κ2) is 10.1. The van der Waals surface area contributed by atoms with Crippen LogP contribution in [0.4, 0.5) is 0 Å². The van der Waals surface area contributed by atoms with E-state index in [1.54, 1.807) is 18.5 Å². The van der Waals surface area contributed by atoms with E-state index >= 15 is 0 Å². The number of aryl methyl sites for hydroxylation is 1. The topological polar surface area (TPSA) is 79.7 Å². The molecule has 1 aromatic heterocycles. The van der Waals surface area contributed by atoms with Gasteiger partial charge in [0, 0.05) is 24.5 Å². The monoisotopic (exact) mass is 470 g/mol. The number of aliphatic hydroxyl groups excluding tert-OH is 1. The first-order valence-corrected chi connectivity index (χ1v) is 11.8. The Morgan fingerprint density at radius 2 is 1.80 bits per heavy atom. The molecule has 35 heavy (non-hydrogen) atoms. The molecule has 1 atom stereocenters. The molecule has 1 fully saturated rings. The molecule has 0 aliphatic carbocycles. The van der Waals surface area contributed by atoms with Crippen molar-refractivity contribution in [3.8, 4) is 5.75 Å². The quantitative estimate of drug-likeness (QED) is 0.279. The minimum Gasteiger partial charge on any atom is -0.507 e. The molecule has 3 aromatic rings. The molecular formula is C29H30N2O4. The zero-order valence-electron chi connectivity index (χ0n) is 20.5. The maximum Gasteiger partial charge on any atom is 0.295 e. The molecule has 0 bridgehead atoms. The van der Waals surface area contributed by atoms with Gasteiger partial charge in [-0.1, -0.05) is 38.1 Å². The zero-order chi connectivity index (χ0) is 25.1. The van der Waals surface area contributed by atoms with E-state index in [1.165, 1.54) is 4.90 Å². The highest BCUT2D eigenvalue weighted by atomic mass is 16.5. The molecule has 4 rings (SSSR count). The molecule has 1 aliphatic heterocycles. The number of amides is 1. The molecule has 180 valence electrons. The summed E-state index contributed by atoms with van der Waals surface area (Å²) in [5.41, 5.74) is 4.09. The molecule has 0 saturated carbocycles. The fourth-order valence-corrected chi connectivity index (χ4v) is 4.53. The van der Waals surface area contributed by atoms with Gasteiger partial charge in [-0.25, -0.2) is 0 Å². The maximum atomic E-state index is 13.4. The lowest BCUT2D eigenvalue weighted by Gasteiger charge is -2.26. The highest BCUT2D eigenvalue weighted by Gasteiger charge is 2.46. The highest BCUT2D eigenvalue weighted by Crippen LogP contribution is 2.42. The number of rotatable bonds is 7. The van der Waals surface area contributed by atoms with Gasteiger partial charge in [0.1, 0.15) is 11.5 Å². The van der Waals surface area contributed by atoms with Gasteiger partial charge in [-0.3, -0.25) is 14.6 Å². The van der Waals surface area contributed by atoms with Crippen molar-refractivity contribution >= 4 is 17.4 Å². The van der Waals surface area contributed by atoms with Gasteiger partial charge in [0.15, 0.2) is 0 Å². The first-order chi connectivity index (χ1) is 16.8. The van der Waals surface area contributed by atoms with Crippen LogP contribution >= 0.6 is 0 Å². The van der Waals surface area contributed by atoms with Crippen LogP contribution in [-0.4, -0.2) is 33.3 Å². The van der Waals surface area contributed by atoms with Crippen LogP contribution in [0.2, 0.25) is 0 Å². The number of nitrogens with zero attached hydrogens (tertiary/aromatic N) is 2. The van der Waals surface area contributed by atoms with Crippen molar-refractivity contribution in [2.24, 2.45) is 0 Å². The summed E-state index contributed by atoms with van der Waals surface area (Å²) in [4.78, 5) is 32.2. The predicted octanol–water partition coefficient (Wildman–Crippen LogP) is 5.53. The van der Waals surface area contributed by atoms with Crippen LogP contribution in [0.3, 0.4) is 0 Å². The summed E-state index contributed by atoms with van der Waals surface area (Å²) in [5, 5.41) is 11.5. The number of carbonyl (C=O) groups excluding carboxylic acids is 2. The van der Waals surface area contributed by atoms with Crippen molar-refractivity contribution < 1.29 is 19.4 Å². The summed E-state index contributed by atoms with van der Waals surface area (Å²) in [5.74, 6) is -0.617. The number of Topliss-reactive ketones (excluding diaryl/α,β-unsaturated/α-hetero) is 1. The standard InChI is InChI=1S/C29H30N2O4/c1-5-35-24-11-10-21(16-23(24)18(2)3)27(32)25-26(22-9-7-6-8-19(22)4)31(29(34)28(25)33)17-20-12-14-30-15-13-20/h6-16,18,26,32H,5,17H2,1-4H3/b27-25+. The van der Waals surface area contributed by atoms with E-state index in [2.05, 4.69) is 4.98 Å². The molecule has 2 heterocycles. The van der Waals surface area contributed by atoms with Crippen LogP contribution in [0, 0.1) is 6.92 Å². The molecule has 1 aliphatic rings. The Morgan fingerprint density at radius 1 is 1.09 bits per heavy atom. The molecule has 6 nitrogen and oxygen atoms in total. The number of aliphatic hydroxyl groups is 1. The Hall–Kier alpha value is -3.93. The molecule has 1 amide bonds. The predicted molar refractivity (Wildman–Crippen MR) is 135 cm³/mol. The molecule has 1 saturated heterocycles. The Bertz CT molecular complexity index is 1280. The number of hydrogen-bond donors (Lipinski definition) is 1. The molecule has 1 unspecified atom stereocenters. The van der Waals surface area contributed by atoms with Gasteiger partial charge in [-0.2, -0.15) is 0 Å². The lowest BCUT2D eigenvalue weighted by Crippen LogP contribution is -2.29. The van der Waals surface area contributed by atoms with Crippen LogP contribution in [0.1, 0.15) is 60.5 Å². The number of ether oxygens (including phenoxy) is 1. The Labute approximate surface area is 205 Å². The Morgan fingerprint density at radius 3 is 2.46 bits per heavy atom. The van der Waals surface area contributed by atoms with E-state index in [1.807, 2.05) is 76.2 Å². The molecule has 0 spiro atoms. The van der Waals surface area contributed by atoms with E-state index in [0.717, 1.165) is 28.0 Å². The van der Waals surface area contributed by atoms with Crippen LogP contribution in [0.25, 0.3) is 5.76 Å². The summed E-state index contributed by atoms with van der Waals surface area (Å²) >= 11 is 0. The van der Waals surface area contributed by atoms with Gasteiger partial charge in [0.25, 0.3) is 11.7 Å². The smallest absolute Gasteiger partial charge is 0.295 e. The van der Waals surface area contributed by atoms with Gasteiger partial charge >= 0.3 is 0 Å². The van der Waals surface area contributed by atoms with E-state index in [9.17, 15) is 14.7 Å². The molecule has 6 heteroatoms. The van der Waals surface area contributed by atoms with E-state index in [-0.39, 0.29) is 23.8 Å². The van der Waals surface area contributed by atoms with E-state index in [4.69, 9.17) is 4.74 Å². The van der Waals surface area contributed by atoms with Crippen LogP contribution in [-0.2, 0) is 16.1 Å². The fourth-order valence-electron chi connectivity index (χ4n) is 4.53. The summed E-state index contributed by atoms with van der Waals surface area (Å²) in [6.45, 7) is 8.70. The van der Waals surface area contributed by atoms with Crippen molar-refractivity contribution in [3.05, 3.63) is 100 Å². The zero-order valence-corrected chi connectivity index (χ0v) is 20.5. The summed E-state index contributed by atoms with van der Waals surface area (Å²) in [6, 6.07) is 15.9. The number of benzene rings is 2. The number of ketones is 1. The number of likely N-dealkylation sites (tertiary alicyclic amines) is 1. The van der Waals surface area contributed by atoms with E-state index in [0.29, 0.717) is 12.2 Å². The Balaban J connectivity index is 1.88. The average Bonchev–Trinajstić information content (AvgIpc) is 3.09. The third-order valence-corrected chi connectivity index (χ3v) is 6.33. The van der Waals surface area contributed by atoms with Gasteiger partial charge in [-0.05, 0) is 72.4 Å². The number of carbonyl (C=O) groups is 2. The highest BCUT2D eigenvalue weighted by molar-refractivity contribution is 6.46. The van der Waals surface area contributed by atoms with Gasteiger partial charge in [0.05, 0.1) is 18.2 Å². The minimum absolute atomic E-state index is 0.0947. The molecular weight excluding hydrogens is 440 g/mol. The summed E-state index contributed by atoms with van der Waals surface area (Å²) in [7, 11) is 0. The van der Waals surface area contributed by atoms with Crippen LogP contribution in [0.15, 0.2) is 72.6 Å². The number of aromatic nitrogens is 1. The summed E-state index contributed by atoms with van der Waals surface area (Å²) in [6.07, 6.45) is 3.31. The lowest BCUT2D eigenvalue weighted by atomic mass is 9.91. The molecule has 2 aromatic carbocycles. The average molecular weight is 471 g/mol. The third-order valence-electron chi connectivity index (χ3n) is 6.33. The van der Waals surface area contributed by atoms with E-state index < -0.39 is 17.7 Å². The van der Waals surface area contributed by atoms with Crippen LogP contribution < -0.4 is 4.74 Å². The SMILES string of the molecule is CCOc1ccc(/C(O)=C2\C(=O)C(=O)N(Cc3ccncc3)C2c2ccccc2C)cc1C(C)C. The Kier molecular flexibility index (Phi) is 7.01. The van der Waals surface area contributed by atoms with Gasteiger partial charge in [0.2, 0.25) is 0 Å². The maximum absolute atomic E-state index is 13.4. The number of hydrogen-bond acceptors (Lipinski definition) is 5.